The van der Waals surface area contributed by atoms with Crippen LogP contribution in [-0.4, -0.2) is 58.9 Å². The fraction of sp³-hybridized carbons (Fsp3) is 0.583. The third-order valence-electron chi connectivity index (χ3n) is 3.10. The second kappa shape index (κ2) is 5.30. The van der Waals surface area contributed by atoms with Crippen LogP contribution in [0.5, 0.6) is 0 Å². The van der Waals surface area contributed by atoms with E-state index < -0.39 is 0 Å². The van der Waals surface area contributed by atoms with E-state index in [1.807, 2.05) is 19.0 Å². The van der Waals surface area contributed by atoms with Gasteiger partial charge in [0.2, 0.25) is 0 Å². The zero-order valence-corrected chi connectivity index (χ0v) is 10.8. The van der Waals surface area contributed by atoms with Crippen LogP contribution >= 0.6 is 0 Å². The van der Waals surface area contributed by atoms with Crippen LogP contribution in [0.4, 0.5) is 5.82 Å². The molecule has 1 aromatic rings. The quantitative estimate of drug-likeness (QED) is 0.829. The molecule has 0 spiro atoms. The normalized spacial score (nSPS) is 19.5. The minimum Gasteiger partial charge on any atom is -0.382 e. The molecule has 0 radical (unpaired) electrons. The zero-order chi connectivity index (χ0) is 13.1. The second-order valence-electron chi connectivity index (χ2n) is 4.88. The highest BCUT2D eigenvalue weighted by Crippen LogP contribution is 2.19. The van der Waals surface area contributed by atoms with Crippen molar-refractivity contribution in [3.05, 3.63) is 18.1 Å². The maximum absolute atomic E-state index is 12.3. The largest absolute Gasteiger partial charge is 0.382 e. The van der Waals surface area contributed by atoms with E-state index in [1.165, 1.54) is 12.4 Å². The molecule has 1 aliphatic rings. The number of nitrogen functional groups attached to an aromatic ring is 1. The topological polar surface area (TPSA) is 75.3 Å². The van der Waals surface area contributed by atoms with Crippen LogP contribution in [0.2, 0.25) is 0 Å². The fourth-order valence-corrected chi connectivity index (χ4v) is 2.31. The van der Waals surface area contributed by atoms with Gasteiger partial charge in [-0.3, -0.25) is 4.79 Å². The molecule has 6 heteroatoms. The number of nitrogens with two attached hydrogens (primary N) is 1. The summed E-state index contributed by atoms with van der Waals surface area (Å²) in [7, 11) is 4.04. The Morgan fingerprint density at radius 1 is 1.50 bits per heavy atom. The van der Waals surface area contributed by atoms with Crippen LogP contribution in [0.1, 0.15) is 23.3 Å². The average Bonchev–Trinajstić information content (AvgIpc) is 2.76. The predicted octanol–water partition coefficient (Wildman–Crippen LogP) is 0.225. The molecule has 2 heterocycles. The lowest BCUT2D eigenvalue weighted by atomic mass is 10.2. The SMILES string of the molecule is CN(C)CC1CCCN1C(=O)c1cnc(N)cn1. The van der Waals surface area contributed by atoms with Crippen LogP contribution in [0.15, 0.2) is 12.4 Å². The highest BCUT2D eigenvalue weighted by atomic mass is 16.2. The molecule has 1 aliphatic heterocycles. The minimum absolute atomic E-state index is 0.0492. The van der Waals surface area contributed by atoms with E-state index in [2.05, 4.69) is 14.9 Å². The van der Waals surface area contributed by atoms with Crippen molar-refractivity contribution in [1.29, 1.82) is 0 Å². The van der Waals surface area contributed by atoms with Gasteiger partial charge in [-0.2, -0.15) is 0 Å². The van der Waals surface area contributed by atoms with Gasteiger partial charge >= 0.3 is 0 Å². The Labute approximate surface area is 107 Å². The number of carbonyl (C=O) groups excluding carboxylic acids is 1. The van der Waals surface area contributed by atoms with E-state index >= 15 is 0 Å². The summed E-state index contributed by atoms with van der Waals surface area (Å²) in [4.78, 5) is 24.3. The van der Waals surface area contributed by atoms with Gasteiger partial charge in [0.05, 0.1) is 12.4 Å². The number of hydrogen-bond donors (Lipinski definition) is 1. The number of likely N-dealkylation sites (tertiary alicyclic amines) is 1. The first-order valence-corrected chi connectivity index (χ1v) is 6.11. The van der Waals surface area contributed by atoms with Gasteiger partial charge < -0.3 is 15.5 Å². The summed E-state index contributed by atoms with van der Waals surface area (Å²) in [5.74, 6) is 0.282. The maximum Gasteiger partial charge on any atom is 0.274 e. The lowest BCUT2D eigenvalue weighted by Gasteiger charge is -2.26. The first-order chi connectivity index (χ1) is 8.58. The van der Waals surface area contributed by atoms with Crippen molar-refractivity contribution in [3.8, 4) is 0 Å². The van der Waals surface area contributed by atoms with Crippen LogP contribution in [0.3, 0.4) is 0 Å². The number of hydrogen-bond acceptors (Lipinski definition) is 5. The summed E-state index contributed by atoms with van der Waals surface area (Å²) in [6.45, 7) is 1.68. The second-order valence-corrected chi connectivity index (χ2v) is 4.88. The molecule has 1 unspecified atom stereocenters. The Hall–Kier alpha value is -1.69. The Balaban J connectivity index is 2.10. The molecule has 1 saturated heterocycles. The van der Waals surface area contributed by atoms with E-state index in [9.17, 15) is 4.79 Å². The lowest BCUT2D eigenvalue weighted by Crippen LogP contribution is -2.41. The first kappa shape index (κ1) is 12.8. The molecule has 0 saturated carbocycles. The molecule has 18 heavy (non-hydrogen) atoms. The maximum atomic E-state index is 12.3. The average molecular weight is 249 g/mol. The predicted molar refractivity (Wildman–Crippen MR) is 69.1 cm³/mol. The van der Waals surface area contributed by atoms with Crippen LogP contribution in [0.25, 0.3) is 0 Å². The Kier molecular flexibility index (Phi) is 3.76. The van der Waals surface area contributed by atoms with Crippen molar-refractivity contribution < 1.29 is 4.79 Å². The van der Waals surface area contributed by atoms with Crippen molar-refractivity contribution >= 4 is 11.7 Å². The van der Waals surface area contributed by atoms with Gasteiger partial charge in [-0.1, -0.05) is 0 Å². The summed E-state index contributed by atoms with van der Waals surface area (Å²) >= 11 is 0. The zero-order valence-electron chi connectivity index (χ0n) is 10.8. The molecule has 1 atom stereocenters. The molecule has 1 aromatic heterocycles. The number of nitrogens with zero attached hydrogens (tertiary/aromatic N) is 4. The summed E-state index contributed by atoms with van der Waals surface area (Å²) in [5, 5.41) is 0. The van der Waals surface area contributed by atoms with E-state index in [0.717, 1.165) is 25.9 Å². The smallest absolute Gasteiger partial charge is 0.274 e. The molecule has 98 valence electrons. The highest BCUT2D eigenvalue weighted by molar-refractivity contribution is 5.92. The molecular weight excluding hydrogens is 230 g/mol. The van der Waals surface area contributed by atoms with Gasteiger partial charge in [-0.25, -0.2) is 9.97 Å². The van der Waals surface area contributed by atoms with Gasteiger partial charge in [-0.15, -0.1) is 0 Å². The van der Waals surface area contributed by atoms with Crippen molar-refractivity contribution in [1.82, 2.24) is 19.8 Å². The first-order valence-electron chi connectivity index (χ1n) is 6.11. The van der Waals surface area contributed by atoms with E-state index in [-0.39, 0.29) is 11.9 Å². The number of aromatic nitrogens is 2. The van der Waals surface area contributed by atoms with E-state index in [0.29, 0.717) is 11.5 Å². The van der Waals surface area contributed by atoms with Crippen LogP contribution in [-0.2, 0) is 0 Å². The molecule has 6 nitrogen and oxygen atoms in total. The molecule has 2 N–H and O–H groups in total. The molecule has 1 amide bonds. The number of rotatable bonds is 3. The molecule has 0 bridgehead atoms. The monoisotopic (exact) mass is 249 g/mol. The molecule has 2 rings (SSSR count). The van der Waals surface area contributed by atoms with Crippen molar-refractivity contribution in [3.63, 3.8) is 0 Å². The summed E-state index contributed by atoms with van der Waals surface area (Å²) < 4.78 is 0. The van der Waals surface area contributed by atoms with Gasteiger partial charge in [0.25, 0.3) is 5.91 Å². The summed E-state index contributed by atoms with van der Waals surface area (Å²) in [5.41, 5.74) is 5.84. The molecular formula is C12H19N5O. The molecule has 0 aliphatic carbocycles. The number of likely N-dealkylation sites (N-methyl/N-ethyl adjacent to an activating group) is 1. The Bertz CT molecular complexity index is 417. The number of amides is 1. The van der Waals surface area contributed by atoms with Crippen molar-refractivity contribution in [2.45, 2.75) is 18.9 Å². The van der Waals surface area contributed by atoms with Crippen LogP contribution in [0, 0.1) is 0 Å². The minimum atomic E-state index is -0.0492. The van der Waals surface area contributed by atoms with E-state index in [4.69, 9.17) is 5.73 Å². The van der Waals surface area contributed by atoms with E-state index in [1.54, 1.807) is 0 Å². The Morgan fingerprint density at radius 2 is 2.28 bits per heavy atom. The standard InChI is InChI=1S/C12H19N5O/c1-16(2)8-9-4-3-5-17(9)12(18)10-6-15-11(13)7-14-10/h6-7,9H,3-5,8H2,1-2H3,(H2,13,15). The third-order valence-corrected chi connectivity index (χ3v) is 3.10. The van der Waals surface area contributed by atoms with Crippen LogP contribution < -0.4 is 5.73 Å². The Morgan fingerprint density at radius 3 is 2.89 bits per heavy atom. The van der Waals surface area contributed by atoms with Gasteiger partial charge in [-0.05, 0) is 26.9 Å². The summed E-state index contributed by atoms with van der Waals surface area (Å²) in [6, 6.07) is 0.270. The summed E-state index contributed by atoms with van der Waals surface area (Å²) in [6.07, 6.45) is 4.96. The van der Waals surface area contributed by atoms with Crippen molar-refractivity contribution in [2.75, 3.05) is 32.9 Å². The molecule has 0 aromatic carbocycles. The molecule has 1 fully saturated rings. The number of anilines is 1. The van der Waals surface area contributed by atoms with Gasteiger partial charge in [0.15, 0.2) is 0 Å². The lowest BCUT2D eigenvalue weighted by molar-refractivity contribution is 0.0710. The third kappa shape index (κ3) is 2.76. The van der Waals surface area contributed by atoms with Gasteiger partial charge in [0, 0.05) is 19.1 Å². The van der Waals surface area contributed by atoms with Gasteiger partial charge in [0.1, 0.15) is 11.5 Å². The number of carbonyl (C=O) groups is 1. The van der Waals surface area contributed by atoms with Crippen molar-refractivity contribution in [2.24, 2.45) is 0 Å². The highest BCUT2D eigenvalue weighted by Gasteiger charge is 2.30. The fourth-order valence-electron chi connectivity index (χ4n) is 2.31.